The molecule has 2 aromatic carbocycles. The Labute approximate surface area is 112 Å². The standard InChI is InChI=1S/C15H8F4O/c16-11-3-9(4-12(17)7-11)1-2-15(20)10-5-13(18)8-14(19)6-10/h1-8H/b2-1+. The molecular formula is C15H8F4O. The number of ketones is 1. The van der Waals surface area contributed by atoms with Crippen molar-refractivity contribution >= 4 is 11.9 Å². The van der Waals surface area contributed by atoms with E-state index >= 15 is 0 Å². The summed E-state index contributed by atoms with van der Waals surface area (Å²) >= 11 is 0. The Bertz CT molecular complexity index is 652. The maximum Gasteiger partial charge on any atom is 0.186 e. The van der Waals surface area contributed by atoms with Crippen LogP contribution in [0.5, 0.6) is 0 Å². The van der Waals surface area contributed by atoms with Crippen molar-refractivity contribution in [1.29, 1.82) is 0 Å². The molecular weight excluding hydrogens is 272 g/mol. The third kappa shape index (κ3) is 3.54. The molecule has 1 nitrogen and oxygen atoms in total. The lowest BCUT2D eigenvalue weighted by atomic mass is 10.1. The van der Waals surface area contributed by atoms with Gasteiger partial charge >= 0.3 is 0 Å². The quantitative estimate of drug-likeness (QED) is 0.469. The van der Waals surface area contributed by atoms with Crippen molar-refractivity contribution in [3.05, 3.63) is 76.9 Å². The van der Waals surface area contributed by atoms with Crippen LogP contribution in [0.4, 0.5) is 17.6 Å². The normalized spacial score (nSPS) is 11.0. The maximum absolute atomic E-state index is 12.9. The van der Waals surface area contributed by atoms with Crippen LogP contribution in [0.25, 0.3) is 6.08 Å². The van der Waals surface area contributed by atoms with Crippen molar-refractivity contribution in [1.82, 2.24) is 0 Å². The zero-order chi connectivity index (χ0) is 14.7. The van der Waals surface area contributed by atoms with Gasteiger partial charge < -0.3 is 0 Å². The topological polar surface area (TPSA) is 17.1 Å². The molecule has 102 valence electrons. The number of hydrogen-bond acceptors (Lipinski definition) is 1. The lowest BCUT2D eigenvalue weighted by molar-refractivity contribution is 0.104. The fourth-order valence-corrected chi connectivity index (χ4v) is 1.64. The van der Waals surface area contributed by atoms with Crippen molar-refractivity contribution < 1.29 is 22.4 Å². The van der Waals surface area contributed by atoms with E-state index in [4.69, 9.17) is 0 Å². The Morgan fingerprint density at radius 1 is 0.750 bits per heavy atom. The van der Waals surface area contributed by atoms with Crippen molar-refractivity contribution in [2.75, 3.05) is 0 Å². The lowest BCUT2D eigenvalue weighted by Gasteiger charge is -1.98. The molecule has 0 N–H and O–H groups in total. The number of allylic oxidation sites excluding steroid dienone is 1. The first kappa shape index (κ1) is 14.0. The summed E-state index contributed by atoms with van der Waals surface area (Å²) in [6.07, 6.45) is 2.15. The van der Waals surface area contributed by atoms with Crippen LogP contribution in [0.3, 0.4) is 0 Å². The Hall–Kier alpha value is -2.43. The van der Waals surface area contributed by atoms with Gasteiger partial charge in [-0.3, -0.25) is 4.79 Å². The monoisotopic (exact) mass is 280 g/mol. The molecule has 5 heteroatoms. The van der Waals surface area contributed by atoms with Crippen molar-refractivity contribution in [3.63, 3.8) is 0 Å². The maximum atomic E-state index is 12.9. The van der Waals surface area contributed by atoms with Crippen molar-refractivity contribution in [3.8, 4) is 0 Å². The van der Waals surface area contributed by atoms with Crippen LogP contribution < -0.4 is 0 Å². The van der Waals surface area contributed by atoms with Gasteiger partial charge in [0, 0.05) is 17.7 Å². The molecule has 0 fully saturated rings. The third-order valence-electron chi connectivity index (χ3n) is 2.46. The molecule has 0 amide bonds. The number of halogens is 4. The third-order valence-corrected chi connectivity index (χ3v) is 2.46. The van der Waals surface area contributed by atoms with Gasteiger partial charge in [0.25, 0.3) is 0 Å². The molecule has 0 spiro atoms. The Kier molecular flexibility index (Phi) is 3.98. The minimum absolute atomic E-state index is 0.132. The van der Waals surface area contributed by atoms with Gasteiger partial charge in [-0.15, -0.1) is 0 Å². The van der Waals surface area contributed by atoms with E-state index in [1.807, 2.05) is 0 Å². The average molecular weight is 280 g/mol. The minimum Gasteiger partial charge on any atom is -0.289 e. The van der Waals surface area contributed by atoms with Crippen LogP contribution in [0.1, 0.15) is 15.9 Å². The van der Waals surface area contributed by atoms with Gasteiger partial charge in [-0.2, -0.15) is 0 Å². The summed E-state index contributed by atoms with van der Waals surface area (Å²) in [4.78, 5) is 11.7. The largest absolute Gasteiger partial charge is 0.289 e. The van der Waals surface area contributed by atoms with Gasteiger partial charge in [0.1, 0.15) is 23.3 Å². The predicted molar refractivity (Wildman–Crippen MR) is 66.1 cm³/mol. The van der Waals surface area contributed by atoms with Gasteiger partial charge in [-0.1, -0.05) is 6.08 Å². The fourth-order valence-electron chi connectivity index (χ4n) is 1.64. The van der Waals surface area contributed by atoms with E-state index in [2.05, 4.69) is 0 Å². The highest BCUT2D eigenvalue weighted by Gasteiger charge is 2.06. The zero-order valence-corrected chi connectivity index (χ0v) is 10.0. The van der Waals surface area contributed by atoms with Crippen LogP contribution in [-0.2, 0) is 0 Å². The molecule has 0 aromatic heterocycles. The van der Waals surface area contributed by atoms with E-state index in [0.717, 1.165) is 36.4 Å². The second kappa shape index (κ2) is 5.69. The van der Waals surface area contributed by atoms with E-state index in [-0.39, 0.29) is 11.1 Å². The smallest absolute Gasteiger partial charge is 0.186 e. The Balaban J connectivity index is 2.24. The minimum atomic E-state index is -0.876. The summed E-state index contributed by atoms with van der Waals surface area (Å²) < 4.78 is 51.7. The first-order valence-corrected chi connectivity index (χ1v) is 5.58. The predicted octanol–water partition coefficient (Wildman–Crippen LogP) is 4.14. The average Bonchev–Trinajstić information content (AvgIpc) is 2.33. The van der Waals surface area contributed by atoms with Gasteiger partial charge in [0.05, 0.1) is 0 Å². The van der Waals surface area contributed by atoms with Crippen molar-refractivity contribution in [2.45, 2.75) is 0 Å². The lowest BCUT2D eigenvalue weighted by Crippen LogP contribution is -1.96. The van der Waals surface area contributed by atoms with E-state index in [0.29, 0.717) is 12.1 Å². The number of rotatable bonds is 3. The van der Waals surface area contributed by atoms with Crippen LogP contribution in [0.15, 0.2) is 42.5 Å². The highest BCUT2D eigenvalue weighted by molar-refractivity contribution is 6.06. The van der Waals surface area contributed by atoms with Crippen LogP contribution in [0.2, 0.25) is 0 Å². The SMILES string of the molecule is O=C(/C=C/c1cc(F)cc(F)c1)c1cc(F)cc(F)c1. The summed E-state index contributed by atoms with van der Waals surface area (Å²) in [6, 6.07) is 5.14. The summed E-state index contributed by atoms with van der Waals surface area (Å²) in [5.41, 5.74) is -0.0525. The van der Waals surface area contributed by atoms with Crippen molar-refractivity contribution in [2.24, 2.45) is 0 Å². The first-order chi connectivity index (χ1) is 9.44. The van der Waals surface area contributed by atoms with Gasteiger partial charge in [0.2, 0.25) is 0 Å². The van der Waals surface area contributed by atoms with E-state index < -0.39 is 29.1 Å². The van der Waals surface area contributed by atoms with Crippen LogP contribution in [-0.4, -0.2) is 5.78 Å². The summed E-state index contributed by atoms with van der Waals surface area (Å²) in [7, 11) is 0. The Morgan fingerprint density at radius 3 is 1.70 bits per heavy atom. The molecule has 0 aliphatic heterocycles. The van der Waals surface area contributed by atoms with Crippen LogP contribution in [0, 0.1) is 23.3 Å². The first-order valence-electron chi connectivity index (χ1n) is 5.58. The van der Waals surface area contributed by atoms with Gasteiger partial charge in [-0.05, 0) is 35.9 Å². The molecule has 0 aliphatic rings. The second-order valence-electron chi connectivity index (χ2n) is 4.06. The summed E-state index contributed by atoms with van der Waals surface area (Å²) in [6.45, 7) is 0. The molecule has 0 aliphatic carbocycles. The number of benzene rings is 2. The molecule has 0 atom stereocenters. The Morgan fingerprint density at radius 2 is 1.20 bits per heavy atom. The van der Waals surface area contributed by atoms with Gasteiger partial charge in [-0.25, -0.2) is 17.6 Å². The zero-order valence-electron chi connectivity index (χ0n) is 10.0. The summed E-state index contributed by atoms with van der Waals surface area (Å²) in [5, 5.41) is 0. The second-order valence-corrected chi connectivity index (χ2v) is 4.06. The molecule has 0 unspecified atom stereocenters. The van der Waals surface area contributed by atoms with E-state index in [1.165, 1.54) is 0 Å². The molecule has 0 radical (unpaired) electrons. The number of carbonyl (C=O) groups excluding carboxylic acids is 1. The molecule has 20 heavy (non-hydrogen) atoms. The molecule has 0 heterocycles. The van der Waals surface area contributed by atoms with E-state index in [1.54, 1.807) is 0 Å². The molecule has 2 rings (SSSR count). The molecule has 2 aromatic rings. The summed E-state index contributed by atoms with van der Waals surface area (Å²) in [5.74, 6) is -3.99. The molecule has 0 saturated carbocycles. The molecule has 0 bridgehead atoms. The molecule has 0 saturated heterocycles. The van der Waals surface area contributed by atoms with E-state index in [9.17, 15) is 22.4 Å². The number of hydrogen-bond donors (Lipinski definition) is 0. The van der Waals surface area contributed by atoms with Gasteiger partial charge in [0.15, 0.2) is 5.78 Å². The highest BCUT2D eigenvalue weighted by atomic mass is 19.1. The highest BCUT2D eigenvalue weighted by Crippen LogP contribution is 2.12. The van der Waals surface area contributed by atoms with Crippen LogP contribution >= 0.6 is 0 Å². The fraction of sp³-hybridized carbons (Fsp3) is 0. The number of carbonyl (C=O) groups is 1.